The first-order chi connectivity index (χ1) is 15.2. The van der Waals surface area contributed by atoms with Crippen molar-refractivity contribution in [2.45, 2.75) is 31.0 Å². The zero-order valence-electron chi connectivity index (χ0n) is 17.8. The third-order valence-corrected chi connectivity index (χ3v) is 6.90. The van der Waals surface area contributed by atoms with Crippen molar-refractivity contribution in [1.82, 2.24) is 4.57 Å². The number of nitrogens with zero attached hydrogens (tertiary/aromatic N) is 1. The molecule has 1 N–H and O–H groups in total. The summed E-state index contributed by atoms with van der Waals surface area (Å²) in [5, 5.41) is 3.38. The fourth-order valence-corrected chi connectivity index (χ4v) is 5.49. The van der Waals surface area contributed by atoms with Gasteiger partial charge in [-0.15, -0.1) is 0 Å². The number of carbonyl (C=O) groups excluding carboxylic acids is 1. The first-order valence-corrected chi connectivity index (χ1v) is 11.8. The van der Waals surface area contributed by atoms with Gasteiger partial charge in [-0.25, -0.2) is 12.8 Å². The van der Waals surface area contributed by atoms with Crippen LogP contribution in [0.1, 0.15) is 16.7 Å². The molecule has 32 heavy (non-hydrogen) atoms. The lowest BCUT2D eigenvalue weighted by molar-refractivity contribution is -0.116. The molecule has 0 aliphatic heterocycles. The van der Waals surface area contributed by atoms with Crippen LogP contribution in [0.4, 0.5) is 10.1 Å². The Morgan fingerprint density at radius 2 is 1.62 bits per heavy atom. The Bertz CT molecular complexity index is 1400. The van der Waals surface area contributed by atoms with Crippen LogP contribution in [0.15, 0.2) is 77.8 Å². The van der Waals surface area contributed by atoms with Crippen LogP contribution in [-0.4, -0.2) is 18.9 Å². The largest absolute Gasteiger partial charge is 0.337 e. The Morgan fingerprint density at radius 1 is 0.969 bits per heavy atom. The quantitative estimate of drug-likeness (QED) is 0.449. The highest BCUT2D eigenvalue weighted by Gasteiger charge is 2.23. The first-order valence-electron chi connectivity index (χ1n) is 10.1. The lowest BCUT2D eigenvalue weighted by atomic mass is 10.1. The molecule has 0 spiro atoms. The maximum atomic E-state index is 14.1. The zero-order chi connectivity index (χ0) is 22.9. The second kappa shape index (κ2) is 8.59. The van der Waals surface area contributed by atoms with E-state index in [2.05, 4.69) is 5.32 Å². The predicted molar refractivity (Wildman–Crippen MR) is 124 cm³/mol. The average molecular weight is 451 g/mol. The van der Waals surface area contributed by atoms with Crippen LogP contribution < -0.4 is 5.32 Å². The van der Waals surface area contributed by atoms with Gasteiger partial charge in [0.05, 0.1) is 10.6 Å². The number of fused-ring (bicyclic) bond motifs is 1. The van der Waals surface area contributed by atoms with Crippen molar-refractivity contribution in [2.24, 2.45) is 0 Å². The number of carbonyl (C=O) groups is 1. The molecule has 0 atom stereocenters. The molecular formula is C25H23FN2O3S. The van der Waals surface area contributed by atoms with Crippen molar-refractivity contribution in [1.29, 1.82) is 0 Å². The normalized spacial score (nSPS) is 11.6. The fourth-order valence-electron chi connectivity index (χ4n) is 3.89. The molecule has 0 fully saturated rings. The van der Waals surface area contributed by atoms with Crippen LogP contribution >= 0.6 is 0 Å². The number of rotatable bonds is 6. The van der Waals surface area contributed by atoms with E-state index in [1.165, 1.54) is 24.4 Å². The summed E-state index contributed by atoms with van der Waals surface area (Å²) in [6.45, 7) is 3.85. The van der Waals surface area contributed by atoms with E-state index in [0.29, 0.717) is 16.6 Å². The molecule has 0 aliphatic carbocycles. The number of amides is 1. The van der Waals surface area contributed by atoms with Gasteiger partial charge in [-0.05, 0) is 49.2 Å². The summed E-state index contributed by atoms with van der Waals surface area (Å²) in [7, 11) is -3.84. The first kappa shape index (κ1) is 21.8. The number of hydrogen-bond acceptors (Lipinski definition) is 3. The van der Waals surface area contributed by atoms with Gasteiger partial charge < -0.3 is 9.88 Å². The standard InChI is InChI=1S/C25H23FN2O3S/c1-17-11-18(2)13-20(12-17)27-25(29)15-28-14-24(21-8-4-6-10-23(21)28)32(30,31)16-19-7-3-5-9-22(19)26/h3-14H,15-16H2,1-2H3,(H,27,29). The summed E-state index contributed by atoms with van der Waals surface area (Å²) < 4.78 is 42.0. The Balaban J connectivity index is 1.65. The third kappa shape index (κ3) is 4.57. The van der Waals surface area contributed by atoms with E-state index in [1.807, 2.05) is 32.0 Å². The van der Waals surface area contributed by atoms with E-state index < -0.39 is 21.4 Å². The van der Waals surface area contributed by atoms with Gasteiger partial charge in [-0.1, -0.05) is 42.5 Å². The Kier molecular flexibility index (Phi) is 5.84. The molecule has 0 unspecified atom stereocenters. The number of anilines is 1. The molecule has 5 nitrogen and oxygen atoms in total. The predicted octanol–water partition coefficient (Wildman–Crippen LogP) is 5.01. The van der Waals surface area contributed by atoms with E-state index >= 15 is 0 Å². The maximum Gasteiger partial charge on any atom is 0.244 e. The molecule has 0 radical (unpaired) electrons. The van der Waals surface area contributed by atoms with E-state index in [0.717, 1.165) is 11.1 Å². The molecule has 0 saturated carbocycles. The van der Waals surface area contributed by atoms with Crippen LogP contribution in [-0.2, 0) is 26.9 Å². The van der Waals surface area contributed by atoms with Crippen molar-refractivity contribution in [3.05, 3.63) is 95.4 Å². The van der Waals surface area contributed by atoms with Gasteiger partial charge in [0.15, 0.2) is 9.84 Å². The van der Waals surface area contributed by atoms with Crippen molar-refractivity contribution in [2.75, 3.05) is 5.32 Å². The lowest BCUT2D eigenvalue weighted by Crippen LogP contribution is -2.18. The minimum absolute atomic E-state index is 0.0529. The van der Waals surface area contributed by atoms with Crippen molar-refractivity contribution in [3.63, 3.8) is 0 Å². The molecule has 0 bridgehead atoms. The topological polar surface area (TPSA) is 68.2 Å². The molecule has 7 heteroatoms. The summed E-state index contributed by atoms with van der Waals surface area (Å²) in [5.74, 6) is -1.29. The fraction of sp³-hybridized carbons (Fsp3) is 0.160. The summed E-state index contributed by atoms with van der Waals surface area (Å²) in [6.07, 6.45) is 1.46. The average Bonchev–Trinajstić information content (AvgIpc) is 3.08. The van der Waals surface area contributed by atoms with Crippen LogP contribution in [0, 0.1) is 19.7 Å². The number of aryl methyl sites for hydroxylation is 2. The lowest BCUT2D eigenvalue weighted by Gasteiger charge is -2.09. The van der Waals surface area contributed by atoms with Crippen molar-refractivity contribution in [3.8, 4) is 0 Å². The van der Waals surface area contributed by atoms with Gasteiger partial charge in [0.25, 0.3) is 0 Å². The smallest absolute Gasteiger partial charge is 0.244 e. The van der Waals surface area contributed by atoms with Gasteiger partial charge in [-0.3, -0.25) is 4.79 Å². The van der Waals surface area contributed by atoms with Crippen LogP contribution in [0.3, 0.4) is 0 Å². The van der Waals surface area contributed by atoms with E-state index in [9.17, 15) is 17.6 Å². The van der Waals surface area contributed by atoms with Crippen LogP contribution in [0.25, 0.3) is 10.9 Å². The molecule has 0 saturated heterocycles. The summed E-state index contributed by atoms with van der Waals surface area (Å²) in [4.78, 5) is 12.8. The summed E-state index contributed by atoms with van der Waals surface area (Å²) >= 11 is 0. The second-order valence-corrected chi connectivity index (χ2v) is 9.87. The molecule has 1 heterocycles. The minimum atomic E-state index is -3.84. The number of nitrogens with one attached hydrogen (secondary N) is 1. The highest BCUT2D eigenvalue weighted by Crippen LogP contribution is 2.28. The van der Waals surface area contributed by atoms with Gasteiger partial charge in [0.2, 0.25) is 5.91 Å². The molecule has 164 valence electrons. The molecule has 1 aromatic heterocycles. The minimum Gasteiger partial charge on any atom is -0.337 e. The number of benzene rings is 3. The molecular weight excluding hydrogens is 427 g/mol. The van der Waals surface area contributed by atoms with Gasteiger partial charge in [0.1, 0.15) is 12.4 Å². The van der Waals surface area contributed by atoms with Gasteiger partial charge in [-0.2, -0.15) is 0 Å². The Hall–Kier alpha value is -3.45. The number of halogens is 1. The molecule has 1 amide bonds. The van der Waals surface area contributed by atoms with Crippen LogP contribution in [0.2, 0.25) is 0 Å². The highest BCUT2D eigenvalue weighted by atomic mass is 32.2. The maximum absolute atomic E-state index is 14.1. The summed E-state index contributed by atoms with van der Waals surface area (Å²) in [5.41, 5.74) is 3.49. The van der Waals surface area contributed by atoms with E-state index in [4.69, 9.17) is 0 Å². The third-order valence-electron chi connectivity index (χ3n) is 5.21. The van der Waals surface area contributed by atoms with Crippen molar-refractivity contribution >= 4 is 32.3 Å². The molecule has 4 aromatic rings. The number of aromatic nitrogens is 1. The van der Waals surface area contributed by atoms with Gasteiger partial charge >= 0.3 is 0 Å². The molecule has 0 aliphatic rings. The van der Waals surface area contributed by atoms with Gasteiger partial charge in [0, 0.05) is 28.4 Å². The Morgan fingerprint density at radius 3 is 2.34 bits per heavy atom. The monoisotopic (exact) mass is 450 g/mol. The van der Waals surface area contributed by atoms with Crippen molar-refractivity contribution < 1.29 is 17.6 Å². The second-order valence-electron chi connectivity index (χ2n) is 7.91. The summed E-state index contributed by atoms with van der Waals surface area (Å²) in [6, 6.07) is 18.6. The zero-order valence-corrected chi connectivity index (χ0v) is 18.6. The SMILES string of the molecule is Cc1cc(C)cc(NC(=O)Cn2cc(S(=O)(=O)Cc3ccccc3F)c3ccccc32)c1. The van der Waals surface area contributed by atoms with E-state index in [-0.39, 0.29) is 22.9 Å². The molecule has 4 rings (SSSR count). The van der Waals surface area contributed by atoms with E-state index in [1.54, 1.807) is 34.9 Å². The number of sulfone groups is 1. The van der Waals surface area contributed by atoms with Crippen LogP contribution in [0.5, 0.6) is 0 Å². The highest BCUT2D eigenvalue weighted by molar-refractivity contribution is 7.90. The number of para-hydroxylation sites is 1. The molecule has 3 aromatic carbocycles. The number of hydrogen-bond donors (Lipinski definition) is 1. The Labute approximate surface area is 186 Å².